The molecule has 2 rings (SSSR count). The van der Waals surface area contributed by atoms with E-state index in [2.05, 4.69) is 10.3 Å². The molecule has 1 amide bonds. The lowest BCUT2D eigenvalue weighted by atomic mass is 10.2. The normalized spacial score (nSPS) is 11.8. The van der Waals surface area contributed by atoms with Crippen molar-refractivity contribution in [1.29, 1.82) is 5.26 Å². The summed E-state index contributed by atoms with van der Waals surface area (Å²) < 4.78 is 5.42. The van der Waals surface area contributed by atoms with Crippen molar-refractivity contribution >= 4 is 16.8 Å². The third-order valence-electron chi connectivity index (χ3n) is 3.02. The summed E-state index contributed by atoms with van der Waals surface area (Å²) in [4.78, 5) is 15.1. The van der Waals surface area contributed by atoms with Gasteiger partial charge in [-0.05, 0) is 31.5 Å². The molecule has 2 N–H and O–H groups in total. The van der Waals surface area contributed by atoms with Crippen molar-refractivity contribution in [2.75, 3.05) is 6.61 Å². The molecule has 0 saturated heterocycles. The first-order valence-electron chi connectivity index (χ1n) is 6.64. The molecule has 0 fully saturated rings. The summed E-state index contributed by atoms with van der Waals surface area (Å²) in [5, 5.41) is 12.5. The molecule has 0 aliphatic carbocycles. The number of amides is 1. The predicted octanol–water partition coefficient (Wildman–Crippen LogP) is 2.60. The number of hydrogen-bond acceptors (Lipinski definition) is 3. The first kappa shape index (κ1) is 13.9. The molecule has 104 valence electrons. The van der Waals surface area contributed by atoms with Gasteiger partial charge in [-0.15, -0.1) is 0 Å². The predicted molar refractivity (Wildman–Crippen MR) is 76.6 cm³/mol. The molecule has 0 radical (unpaired) electrons. The lowest BCUT2D eigenvalue weighted by Crippen LogP contribution is -2.33. The zero-order valence-electron chi connectivity index (χ0n) is 11.6. The summed E-state index contributed by atoms with van der Waals surface area (Å²) >= 11 is 0. The van der Waals surface area contributed by atoms with E-state index in [1.165, 1.54) is 0 Å². The maximum Gasteiger partial charge on any atom is 0.268 e. The Labute approximate surface area is 117 Å². The number of nitriles is 1. The van der Waals surface area contributed by atoms with Gasteiger partial charge in [-0.2, -0.15) is 5.26 Å². The fourth-order valence-corrected chi connectivity index (χ4v) is 1.95. The van der Waals surface area contributed by atoms with Crippen LogP contribution < -0.4 is 10.1 Å². The van der Waals surface area contributed by atoms with Crippen molar-refractivity contribution in [3.63, 3.8) is 0 Å². The molecule has 0 aliphatic heterocycles. The zero-order chi connectivity index (χ0) is 14.5. The molecule has 2 aromatic rings. The quantitative estimate of drug-likeness (QED) is 0.877. The Kier molecular flexibility index (Phi) is 4.26. The van der Waals surface area contributed by atoms with Gasteiger partial charge in [0.1, 0.15) is 17.5 Å². The molecule has 20 heavy (non-hydrogen) atoms. The van der Waals surface area contributed by atoms with E-state index in [1.807, 2.05) is 38.1 Å². The molecule has 0 unspecified atom stereocenters. The number of aromatic nitrogens is 1. The van der Waals surface area contributed by atoms with Gasteiger partial charge in [-0.25, -0.2) is 0 Å². The number of nitrogens with one attached hydrogen (secondary N) is 2. The van der Waals surface area contributed by atoms with Gasteiger partial charge in [0.05, 0.1) is 12.7 Å². The number of aromatic amines is 1. The van der Waals surface area contributed by atoms with Gasteiger partial charge in [0.2, 0.25) is 0 Å². The van der Waals surface area contributed by atoms with E-state index in [-0.39, 0.29) is 5.91 Å². The van der Waals surface area contributed by atoms with Crippen molar-refractivity contribution < 1.29 is 9.53 Å². The van der Waals surface area contributed by atoms with E-state index in [4.69, 9.17) is 10.00 Å². The highest BCUT2D eigenvalue weighted by Gasteiger charge is 2.13. The first-order valence-corrected chi connectivity index (χ1v) is 6.64. The summed E-state index contributed by atoms with van der Waals surface area (Å²) in [6, 6.07) is 8.97. The Morgan fingerprint density at radius 1 is 1.45 bits per heavy atom. The number of H-pyrrole nitrogens is 1. The Morgan fingerprint density at radius 3 is 2.90 bits per heavy atom. The third-order valence-corrected chi connectivity index (χ3v) is 3.02. The molecule has 1 heterocycles. The van der Waals surface area contributed by atoms with Crippen molar-refractivity contribution in [2.45, 2.75) is 26.3 Å². The molecule has 1 aromatic heterocycles. The summed E-state index contributed by atoms with van der Waals surface area (Å²) in [5.41, 5.74) is 1.29. The van der Waals surface area contributed by atoms with E-state index in [0.29, 0.717) is 18.7 Å². The number of ether oxygens (including phenoxy) is 1. The maximum absolute atomic E-state index is 12.0. The largest absolute Gasteiger partial charge is 0.494 e. The second-order valence-corrected chi connectivity index (χ2v) is 4.43. The van der Waals surface area contributed by atoms with E-state index in [0.717, 1.165) is 16.7 Å². The standard InChI is InChI=1S/C15H17N3O2/c1-3-11(9-16)17-15(19)14-7-10-5-6-12(20-4-2)8-13(10)18-14/h5-8,11,18H,3-4H2,1-2H3,(H,17,19)/t11-/m0/s1. The smallest absolute Gasteiger partial charge is 0.268 e. The molecular weight excluding hydrogens is 254 g/mol. The van der Waals surface area contributed by atoms with Crippen LogP contribution in [0.3, 0.4) is 0 Å². The van der Waals surface area contributed by atoms with Crippen LogP contribution >= 0.6 is 0 Å². The number of carbonyl (C=O) groups excluding carboxylic acids is 1. The van der Waals surface area contributed by atoms with Gasteiger partial charge in [-0.1, -0.05) is 6.92 Å². The van der Waals surface area contributed by atoms with Crippen molar-refractivity contribution in [3.05, 3.63) is 30.0 Å². The Morgan fingerprint density at radius 2 is 2.25 bits per heavy atom. The van der Waals surface area contributed by atoms with Crippen LogP contribution in [-0.2, 0) is 0 Å². The summed E-state index contributed by atoms with van der Waals surface area (Å²) in [7, 11) is 0. The van der Waals surface area contributed by atoms with Crippen LogP contribution in [0.4, 0.5) is 0 Å². The van der Waals surface area contributed by atoms with Crippen molar-refractivity contribution in [3.8, 4) is 11.8 Å². The van der Waals surface area contributed by atoms with Gasteiger partial charge < -0.3 is 15.0 Å². The number of rotatable bonds is 5. The lowest BCUT2D eigenvalue weighted by molar-refractivity contribution is 0.0940. The van der Waals surface area contributed by atoms with Gasteiger partial charge in [0.15, 0.2) is 0 Å². The average Bonchev–Trinajstić information content (AvgIpc) is 2.88. The second-order valence-electron chi connectivity index (χ2n) is 4.43. The van der Waals surface area contributed by atoms with Gasteiger partial charge in [-0.3, -0.25) is 4.79 Å². The van der Waals surface area contributed by atoms with Crippen LogP contribution in [0.1, 0.15) is 30.8 Å². The Bertz CT molecular complexity index is 655. The lowest BCUT2D eigenvalue weighted by Gasteiger charge is -2.07. The van der Waals surface area contributed by atoms with Gasteiger partial charge >= 0.3 is 0 Å². The molecule has 5 nitrogen and oxygen atoms in total. The molecule has 5 heteroatoms. The number of benzene rings is 1. The number of carbonyl (C=O) groups is 1. The summed E-state index contributed by atoms with van der Waals surface area (Å²) in [6.45, 7) is 4.37. The Hall–Kier alpha value is -2.48. The first-order chi connectivity index (χ1) is 9.67. The second kappa shape index (κ2) is 6.11. The van der Waals surface area contributed by atoms with Crippen LogP contribution in [0.2, 0.25) is 0 Å². The van der Waals surface area contributed by atoms with Crippen LogP contribution in [0.25, 0.3) is 10.9 Å². The van der Waals surface area contributed by atoms with Crippen molar-refractivity contribution in [2.24, 2.45) is 0 Å². The summed E-state index contributed by atoms with van der Waals surface area (Å²) in [6.07, 6.45) is 0.580. The van der Waals surface area contributed by atoms with E-state index < -0.39 is 6.04 Å². The molecule has 0 aliphatic rings. The molecular formula is C15H17N3O2. The monoisotopic (exact) mass is 271 g/mol. The molecule has 1 aromatic carbocycles. The fourth-order valence-electron chi connectivity index (χ4n) is 1.95. The topological polar surface area (TPSA) is 77.9 Å². The number of fused-ring (bicyclic) bond motifs is 1. The van der Waals surface area contributed by atoms with Gasteiger partial charge in [0, 0.05) is 17.0 Å². The number of hydrogen-bond donors (Lipinski definition) is 2. The fraction of sp³-hybridized carbons (Fsp3) is 0.333. The molecule has 0 spiro atoms. The van der Waals surface area contributed by atoms with Crippen LogP contribution in [0.5, 0.6) is 5.75 Å². The molecule has 1 atom stereocenters. The van der Waals surface area contributed by atoms with E-state index in [1.54, 1.807) is 6.07 Å². The summed E-state index contributed by atoms with van der Waals surface area (Å²) in [5.74, 6) is 0.491. The highest BCUT2D eigenvalue weighted by atomic mass is 16.5. The van der Waals surface area contributed by atoms with E-state index in [9.17, 15) is 4.79 Å². The van der Waals surface area contributed by atoms with Gasteiger partial charge in [0.25, 0.3) is 5.91 Å². The minimum Gasteiger partial charge on any atom is -0.494 e. The maximum atomic E-state index is 12.0. The van der Waals surface area contributed by atoms with E-state index >= 15 is 0 Å². The van der Waals surface area contributed by atoms with Crippen LogP contribution in [-0.4, -0.2) is 23.5 Å². The molecule has 0 bridgehead atoms. The number of nitrogens with zero attached hydrogens (tertiary/aromatic N) is 1. The zero-order valence-corrected chi connectivity index (χ0v) is 11.6. The molecule has 0 saturated carbocycles. The highest BCUT2D eigenvalue weighted by Crippen LogP contribution is 2.21. The Balaban J connectivity index is 2.23. The highest BCUT2D eigenvalue weighted by molar-refractivity contribution is 5.98. The van der Waals surface area contributed by atoms with Crippen molar-refractivity contribution in [1.82, 2.24) is 10.3 Å². The van der Waals surface area contributed by atoms with Crippen LogP contribution in [0, 0.1) is 11.3 Å². The minimum atomic E-state index is -0.465. The minimum absolute atomic E-state index is 0.271. The average molecular weight is 271 g/mol. The third kappa shape index (κ3) is 2.91. The SMILES string of the molecule is CCOc1ccc2cc(C(=O)N[C@H](C#N)CC)[nH]c2c1. The van der Waals surface area contributed by atoms with Crippen LogP contribution in [0.15, 0.2) is 24.3 Å².